The maximum atomic E-state index is 3.30. The molecule has 0 bridgehead atoms. The molecule has 3 heteroatoms. The molecule has 1 N–H and O–H groups in total. The van der Waals surface area contributed by atoms with Crippen LogP contribution in [0.15, 0.2) is 0 Å². The maximum absolute atomic E-state index is 3.30. The molecular weight excluding hydrogens is 142 g/mol. The molecule has 0 spiro atoms. The summed E-state index contributed by atoms with van der Waals surface area (Å²) in [6.07, 6.45) is 3.54. The molecule has 0 aromatic carbocycles. The zero-order chi connectivity index (χ0) is 5.11. The molecule has 50 valence electrons. The highest BCUT2D eigenvalue weighted by Crippen LogP contribution is 2.12. The molecule has 1 aliphatic heterocycles. The highest BCUT2D eigenvalue weighted by molar-refractivity contribution is 7.99. The van der Waals surface area contributed by atoms with E-state index in [4.69, 9.17) is 0 Å². The van der Waals surface area contributed by atoms with Gasteiger partial charge in [0.15, 0.2) is 0 Å². The third-order valence-electron chi connectivity index (χ3n) is 1.35. The zero-order valence-corrected chi connectivity index (χ0v) is 6.65. The van der Waals surface area contributed by atoms with Gasteiger partial charge in [-0.2, -0.15) is 11.8 Å². The van der Waals surface area contributed by atoms with Crippen molar-refractivity contribution in [1.29, 1.82) is 0 Å². The smallest absolute Gasteiger partial charge is 0.0181 e. The minimum Gasteiger partial charge on any atom is -0.316 e. The van der Waals surface area contributed by atoms with E-state index < -0.39 is 0 Å². The number of hydrogen-bond acceptors (Lipinski definition) is 2. The lowest BCUT2D eigenvalue weighted by Gasteiger charge is -1.98. The maximum Gasteiger partial charge on any atom is 0.0181 e. The first-order valence-corrected chi connectivity index (χ1v) is 3.96. The van der Waals surface area contributed by atoms with Gasteiger partial charge in [-0.15, -0.1) is 12.4 Å². The SMILES string of the molecule is CS[C@H]1CCNC1.Cl. The molecule has 0 aliphatic carbocycles. The van der Waals surface area contributed by atoms with Crippen LogP contribution in [0.2, 0.25) is 0 Å². The van der Waals surface area contributed by atoms with Crippen LogP contribution in [0.3, 0.4) is 0 Å². The van der Waals surface area contributed by atoms with Gasteiger partial charge < -0.3 is 5.32 Å². The second-order valence-electron chi connectivity index (χ2n) is 1.85. The van der Waals surface area contributed by atoms with E-state index in [0.29, 0.717) is 0 Å². The standard InChI is InChI=1S/C5H11NS.ClH/c1-7-5-2-3-6-4-5;/h5-6H,2-4H2,1H3;1H/t5-;/m0./s1. The van der Waals surface area contributed by atoms with Crippen LogP contribution in [0.25, 0.3) is 0 Å². The molecule has 0 unspecified atom stereocenters. The molecule has 0 amide bonds. The van der Waals surface area contributed by atoms with Gasteiger partial charge in [0.05, 0.1) is 0 Å². The molecule has 1 aliphatic rings. The van der Waals surface area contributed by atoms with Crippen molar-refractivity contribution in [1.82, 2.24) is 5.32 Å². The van der Waals surface area contributed by atoms with Gasteiger partial charge in [0.2, 0.25) is 0 Å². The average molecular weight is 154 g/mol. The van der Waals surface area contributed by atoms with E-state index in [1.54, 1.807) is 0 Å². The fourth-order valence-corrected chi connectivity index (χ4v) is 1.47. The molecule has 1 heterocycles. The summed E-state index contributed by atoms with van der Waals surface area (Å²) in [6, 6.07) is 0. The monoisotopic (exact) mass is 153 g/mol. The van der Waals surface area contributed by atoms with E-state index in [1.165, 1.54) is 19.5 Å². The van der Waals surface area contributed by atoms with Crippen molar-refractivity contribution in [3.05, 3.63) is 0 Å². The molecule has 1 rings (SSSR count). The van der Waals surface area contributed by atoms with Crippen LogP contribution in [-0.4, -0.2) is 24.6 Å². The summed E-state index contributed by atoms with van der Waals surface area (Å²) in [4.78, 5) is 0. The molecule has 1 atom stereocenters. The summed E-state index contributed by atoms with van der Waals surface area (Å²) >= 11 is 1.97. The van der Waals surface area contributed by atoms with E-state index in [2.05, 4.69) is 11.6 Å². The minimum atomic E-state index is 0. The van der Waals surface area contributed by atoms with E-state index in [-0.39, 0.29) is 12.4 Å². The second-order valence-corrected chi connectivity index (χ2v) is 2.99. The van der Waals surface area contributed by atoms with Gasteiger partial charge >= 0.3 is 0 Å². The largest absolute Gasteiger partial charge is 0.316 e. The summed E-state index contributed by atoms with van der Waals surface area (Å²) in [7, 11) is 0. The average Bonchev–Trinajstić information content (AvgIpc) is 2.14. The number of thioether (sulfide) groups is 1. The highest BCUT2D eigenvalue weighted by Gasteiger charge is 2.10. The molecular formula is C5H12ClNS. The summed E-state index contributed by atoms with van der Waals surface area (Å²) < 4.78 is 0. The predicted molar refractivity (Wildman–Crippen MR) is 42.0 cm³/mol. The third kappa shape index (κ3) is 2.25. The third-order valence-corrected chi connectivity index (χ3v) is 2.42. The van der Waals surface area contributed by atoms with Crippen LogP contribution >= 0.6 is 24.2 Å². The lowest BCUT2D eigenvalue weighted by molar-refractivity contribution is 0.858. The Bertz CT molecular complexity index is 54.4. The molecule has 0 radical (unpaired) electrons. The molecule has 1 nitrogen and oxygen atoms in total. The van der Waals surface area contributed by atoms with Gasteiger partial charge in [0.25, 0.3) is 0 Å². The Hall–Kier alpha value is 0.600. The van der Waals surface area contributed by atoms with E-state index in [9.17, 15) is 0 Å². The van der Waals surface area contributed by atoms with E-state index in [0.717, 1.165) is 5.25 Å². The van der Waals surface area contributed by atoms with Crippen LogP contribution in [0.4, 0.5) is 0 Å². The van der Waals surface area contributed by atoms with Crippen LogP contribution in [0.1, 0.15) is 6.42 Å². The van der Waals surface area contributed by atoms with Crippen molar-refractivity contribution in [3.8, 4) is 0 Å². The lowest BCUT2D eigenvalue weighted by atomic mass is 10.4. The van der Waals surface area contributed by atoms with Crippen molar-refractivity contribution in [3.63, 3.8) is 0 Å². The summed E-state index contributed by atoms with van der Waals surface area (Å²) in [5.41, 5.74) is 0. The normalized spacial score (nSPS) is 27.4. The Labute approximate surface area is 61.0 Å². The van der Waals surface area contributed by atoms with E-state index >= 15 is 0 Å². The Kier molecular flexibility index (Phi) is 4.81. The highest BCUT2D eigenvalue weighted by atomic mass is 35.5. The van der Waals surface area contributed by atoms with Crippen molar-refractivity contribution < 1.29 is 0 Å². The lowest BCUT2D eigenvalue weighted by Crippen LogP contribution is -2.09. The minimum absolute atomic E-state index is 0. The number of rotatable bonds is 1. The van der Waals surface area contributed by atoms with Crippen molar-refractivity contribution in [2.24, 2.45) is 0 Å². The van der Waals surface area contributed by atoms with Crippen LogP contribution in [0, 0.1) is 0 Å². The molecule has 8 heavy (non-hydrogen) atoms. The van der Waals surface area contributed by atoms with Crippen LogP contribution < -0.4 is 5.32 Å². The molecule has 0 aromatic rings. The summed E-state index contributed by atoms with van der Waals surface area (Å²) in [6.45, 7) is 2.45. The number of hydrogen-bond donors (Lipinski definition) is 1. The van der Waals surface area contributed by atoms with Crippen molar-refractivity contribution in [2.45, 2.75) is 11.7 Å². The molecule has 0 saturated carbocycles. The van der Waals surface area contributed by atoms with E-state index in [1.807, 2.05) is 11.8 Å². The second kappa shape index (κ2) is 4.48. The van der Waals surface area contributed by atoms with Crippen LogP contribution in [0.5, 0.6) is 0 Å². The Morgan fingerprint density at radius 3 is 2.62 bits per heavy atom. The van der Waals surface area contributed by atoms with Gasteiger partial charge in [0.1, 0.15) is 0 Å². The quantitative estimate of drug-likeness (QED) is 0.607. The first kappa shape index (κ1) is 8.60. The Balaban J connectivity index is 0.000000490. The number of halogens is 1. The predicted octanol–water partition coefficient (Wildman–Crippen LogP) is 1.13. The topological polar surface area (TPSA) is 12.0 Å². The Morgan fingerprint density at radius 2 is 2.38 bits per heavy atom. The summed E-state index contributed by atoms with van der Waals surface area (Å²) in [5, 5.41) is 4.21. The van der Waals surface area contributed by atoms with Gasteiger partial charge in [-0.3, -0.25) is 0 Å². The van der Waals surface area contributed by atoms with Crippen molar-refractivity contribution >= 4 is 24.2 Å². The molecule has 1 fully saturated rings. The van der Waals surface area contributed by atoms with Gasteiger partial charge in [-0.25, -0.2) is 0 Å². The van der Waals surface area contributed by atoms with Gasteiger partial charge in [-0.1, -0.05) is 0 Å². The zero-order valence-electron chi connectivity index (χ0n) is 5.02. The fourth-order valence-electron chi connectivity index (χ4n) is 0.829. The fraction of sp³-hybridized carbons (Fsp3) is 1.00. The van der Waals surface area contributed by atoms with Gasteiger partial charge in [0, 0.05) is 11.8 Å². The Morgan fingerprint density at radius 1 is 1.62 bits per heavy atom. The first-order chi connectivity index (χ1) is 3.43. The molecule has 1 saturated heterocycles. The summed E-state index contributed by atoms with van der Waals surface area (Å²) in [5.74, 6) is 0. The molecule has 0 aromatic heterocycles. The van der Waals surface area contributed by atoms with Crippen molar-refractivity contribution in [2.75, 3.05) is 19.3 Å². The van der Waals surface area contributed by atoms with Gasteiger partial charge in [-0.05, 0) is 19.2 Å². The number of nitrogens with one attached hydrogen (secondary N) is 1. The first-order valence-electron chi connectivity index (χ1n) is 2.67. The van der Waals surface area contributed by atoms with Crippen LogP contribution in [-0.2, 0) is 0 Å².